The van der Waals surface area contributed by atoms with E-state index < -0.39 is 4.92 Å². The fraction of sp³-hybridized carbons (Fsp3) is 0.286. The Balaban J connectivity index is 2.36. The van der Waals surface area contributed by atoms with Crippen LogP contribution >= 0.6 is 0 Å². The van der Waals surface area contributed by atoms with Gasteiger partial charge in [0.15, 0.2) is 0 Å². The second-order valence-corrected chi connectivity index (χ2v) is 4.39. The maximum atomic E-state index is 11.2. The lowest BCUT2D eigenvalue weighted by atomic mass is 10.0. The number of nitro groups is 1. The number of benzene rings is 1. The van der Waals surface area contributed by atoms with Gasteiger partial charge in [-0.2, -0.15) is 4.98 Å². The summed E-state index contributed by atoms with van der Waals surface area (Å²) in [6, 6.07) is 9.62. The monoisotopic (exact) mass is 288 g/mol. The highest BCUT2D eigenvalue weighted by atomic mass is 16.6. The number of aromatic nitrogens is 2. The van der Waals surface area contributed by atoms with E-state index in [4.69, 9.17) is 4.74 Å². The van der Waals surface area contributed by atoms with Crippen molar-refractivity contribution in [2.75, 3.05) is 14.2 Å². The van der Waals surface area contributed by atoms with Crippen molar-refractivity contribution in [3.8, 4) is 5.88 Å². The van der Waals surface area contributed by atoms with Crippen molar-refractivity contribution in [2.45, 2.75) is 12.5 Å². The Morgan fingerprint density at radius 2 is 2.05 bits per heavy atom. The fourth-order valence-corrected chi connectivity index (χ4v) is 2.14. The predicted molar refractivity (Wildman–Crippen MR) is 77.2 cm³/mol. The molecule has 0 bridgehead atoms. The van der Waals surface area contributed by atoms with E-state index in [0.717, 1.165) is 5.56 Å². The lowest BCUT2D eigenvalue weighted by Crippen LogP contribution is -2.20. The van der Waals surface area contributed by atoms with Crippen LogP contribution in [0.1, 0.15) is 17.3 Å². The first-order chi connectivity index (χ1) is 10.2. The van der Waals surface area contributed by atoms with Gasteiger partial charge >= 0.3 is 5.69 Å². The number of nitrogens with zero attached hydrogens (tertiary/aromatic N) is 3. The Bertz CT molecular complexity index is 619. The van der Waals surface area contributed by atoms with Gasteiger partial charge in [0.2, 0.25) is 0 Å². The van der Waals surface area contributed by atoms with Crippen molar-refractivity contribution in [1.29, 1.82) is 0 Å². The zero-order valence-electron chi connectivity index (χ0n) is 11.8. The van der Waals surface area contributed by atoms with E-state index in [1.54, 1.807) is 0 Å². The third-order valence-electron chi connectivity index (χ3n) is 3.19. The summed E-state index contributed by atoms with van der Waals surface area (Å²) in [5.41, 5.74) is 1.19. The van der Waals surface area contributed by atoms with Gasteiger partial charge < -0.3 is 10.1 Å². The van der Waals surface area contributed by atoms with E-state index in [9.17, 15) is 10.1 Å². The van der Waals surface area contributed by atoms with Crippen molar-refractivity contribution in [3.05, 3.63) is 58.0 Å². The van der Waals surface area contributed by atoms with Gasteiger partial charge in [-0.05, 0) is 12.6 Å². The molecule has 1 unspecified atom stereocenters. The van der Waals surface area contributed by atoms with Crippen LogP contribution in [-0.4, -0.2) is 29.0 Å². The van der Waals surface area contributed by atoms with Crippen LogP contribution in [0.4, 0.5) is 5.69 Å². The zero-order chi connectivity index (χ0) is 15.2. The molecule has 7 nitrogen and oxygen atoms in total. The standard InChI is InChI=1S/C14H16N4O3/c1-15-11(10-6-4-3-5-7-10)8-12-13(18(19)20)14(21-2)17-9-16-12/h3-7,9,11,15H,8H2,1-2H3. The van der Waals surface area contributed by atoms with Crippen LogP contribution in [0.15, 0.2) is 36.7 Å². The second-order valence-electron chi connectivity index (χ2n) is 4.39. The highest BCUT2D eigenvalue weighted by Gasteiger charge is 2.25. The lowest BCUT2D eigenvalue weighted by molar-refractivity contribution is -0.387. The van der Waals surface area contributed by atoms with Gasteiger partial charge in [0.05, 0.1) is 12.0 Å². The summed E-state index contributed by atoms with van der Waals surface area (Å²) in [6.45, 7) is 0. The topological polar surface area (TPSA) is 90.2 Å². The number of nitrogens with one attached hydrogen (secondary N) is 1. The molecule has 0 spiro atoms. The van der Waals surface area contributed by atoms with Crippen LogP contribution in [-0.2, 0) is 6.42 Å². The summed E-state index contributed by atoms with van der Waals surface area (Å²) in [4.78, 5) is 18.6. The van der Waals surface area contributed by atoms with Gasteiger partial charge in [-0.25, -0.2) is 4.98 Å². The zero-order valence-corrected chi connectivity index (χ0v) is 11.8. The first kappa shape index (κ1) is 14.9. The highest BCUT2D eigenvalue weighted by Crippen LogP contribution is 2.29. The Kier molecular flexibility index (Phi) is 4.78. The van der Waals surface area contributed by atoms with Crippen LogP contribution in [0.3, 0.4) is 0 Å². The van der Waals surface area contributed by atoms with Gasteiger partial charge in [0.1, 0.15) is 12.0 Å². The molecule has 1 atom stereocenters. The highest BCUT2D eigenvalue weighted by molar-refractivity contribution is 5.45. The Hall–Kier alpha value is -2.54. The smallest absolute Gasteiger partial charge is 0.352 e. The first-order valence-corrected chi connectivity index (χ1v) is 6.41. The molecule has 0 saturated heterocycles. The SMILES string of the molecule is CNC(Cc1ncnc(OC)c1[N+](=O)[O-])c1ccccc1. The van der Waals surface area contributed by atoms with E-state index in [-0.39, 0.29) is 17.6 Å². The number of ether oxygens (including phenoxy) is 1. The fourth-order valence-electron chi connectivity index (χ4n) is 2.14. The quantitative estimate of drug-likeness (QED) is 0.645. The minimum Gasteiger partial charge on any atom is -0.476 e. The lowest BCUT2D eigenvalue weighted by Gasteiger charge is -2.16. The Labute approximate surface area is 122 Å². The maximum absolute atomic E-state index is 11.2. The summed E-state index contributed by atoms with van der Waals surface area (Å²) in [7, 11) is 3.16. The van der Waals surface area contributed by atoms with Crippen molar-refractivity contribution < 1.29 is 9.66 Å². The molecule has 110 valence electrons. The van der Waals surface area contributed by atoms with Crippen LogP contribution in [0, 0.1) is 10.1 Å². The van der Waals surface area contributed by atoms with Gasteiger partial charge in [0, 0.05) is 12.5 Å². The summed E-state index contributed by atoms with van der Waals surface area (Å²) in [5.74, 6) is -0.0204. The van der Waals surface area contributed by atoms with Crippen molar-refractivity contribution in [2.24, 2.45) is 0 Å². The van der Waals surface area contributed by atoms with Gasteiger partial charge in [0.25, 0.3) is 5.88 Å². The summed E-state index contributed by atoms with van der Waals surface area (Å²) in [5, 5.41) is 14.4. The minimum absolute atomic E-state index is 0.0204. The van der Waals surface area contributed by atoms with Crippen LogP contribution in [0.5, 0.6) is 5.88 Å². The number of hydrogen-bond acceptors (Lipinski definition) is 6. The molecule has 0 saturated carbocycles. The normalized spacial score (nSPS) is 11.9. The molecule has 0 fully saturated rings. The summed E-state index contributed by atoms with van der Waals surface area (Å²) < 4.78 is 4.96. The molecule has 7 heteroatoms. The van der Waals surface area contributed by atoms with Crippen LogP contribution < -0.4 is 10.1 Å². The first-order valence-electron chi connectivity index (χ1n) is 6.41. The molecule has 0 aliphatic carbocycles. The molecule has 0 aliphatic heterocycles. The summed E-state index contributed by atoms with van der Waals surface area (Å²) in [6.07, 6.45) is 1.65. The molecule has 1 N–H and O–H groups in total. The third-order valence-corrected chi connectivity index (χ3v) is 3.19. The van der Waals surface area contributed by atoms with E-state index in [1.165, 1.54) is 13.4 Å². The molecular weight excluding hydrogens is 272 g/mol. The molecule has 2 rings (SSSR count). The molecule has 1 aromatic heterocycles. The molecule has 21 heavy (non-hydrogen) atoms. The molecular formula is C14H16N4O3. The molecule has 0 aliphatic rings. The van der Waals surface area contributed by atoms with Gasteiger partial charge in [-0.15, -0.1) is 0 Å². The van der Waals surface area contributed by atoms with Gasteiger partial charge in [-0.3, -0.25) is 10.1 Å². The Morgan fingerprint density at radius 3 is 2.62 bits per heavy atom. The predicted octanol–water partition coefficient (Wildman–Crippen LogP) is 1.90. The largest absolute Gasteiger partial charge is 0.476 e. The molecule has 0 radical (unpaired) electrons. The third kappa shape index (κ3) is 3.32. The van der Waals surface area contributed by atoms with Crippen LogP contribution in [0.25, 0.3) is 0 Å². The average molecular weight is 288 g/mol. The van der Waals surface area contributed by atoms with Gasteiger partial charge in [-0.1, -0.05) is 30.3 Å². The number of hydrogen-bond donors (Lipinski definition) is 1. The number of likely N-dealkylation sites (N-methyl/N-ethyl adjacent to an activating group) is 1. The minimum atomic E-state index is -0.508. The average Bonchev–Trinajstić information content (AvgIpc) is 2.52. The molecule has 2 aromatic rings. The van der Waals surface area contributed by atoms with Crippen molar-refractivity contribution in [3.63, 3.8) is 0 Å². The summed E-state index contributed by atoms with van der Waals surface area (Å²) >= 11 is 0. The van der Waals surface area contributed by atoms with E-state index in [0.29, 0.717) is 12.1 Å². The van der Waals surface area contributed by atoms with Crippen LogP contribution in [0.2, 0.25) is 0 Å². The van der Waals surface area contributed by atoms with E-state index in [1.807, 2.05) is 37.4 Å². The molecule has 1 aromatic carbocycles. The maximum Gasteiger partial charge on any atom is 0.352 e. The van der Waals surface area contributed by atoms with Crippen molar-refractivity contribution in [1.82, 2.24) is 15.3 Å². The number of methoxy groups -OCH3 is 1. The second kappa shape index (κ2) is 6.76. The number of rotatable bonds is 6. The molecule has 0 amide bonds. The van der Waals surface area contributed by atoms with Crippen molar-refractivity contribution >= 4 is 5.69 Å². The Morgan fingerprint density at radius 1 is 1.33 bits per heavy atom. The van der Waals surface area contributed by atoms with E-state index >= 15 is 0 Å². The molecule has 1 heterocycles. The van der Waals surface area contributed by atoms with E-state index in [2.05, 4.69) is 15.3 Å².